The fraction of sp³-hybridized carbons (Fsp3) is 0.429. The minimum absolute atomic E-state index is 0.00892. The lowest BCUT2D eigenvalue weighted by atomic mass is 10.1. The number of carboxylic acids is 1. The highest BCUT2D eigenvalue weighted by molar-refractivity contribution is 7.85. The molecule has 0 unspecified atom stereocenters. The SMILES string of the molecule is O=C([O-])c1ccc(C(=O)N2CC[NH+](CCS(=O)(=O)[O-])CC2)cc1. The third kappa shape index (κ3) is 5.02. The molecule has 1 amide bonds. The maximum atomic E-state index is 12.3. The van der Waals surface area contributed by atoms with E-state index in [-0.39, 0.29) is 18.0 Å². The number of rotatable bonds is 5. The van der Waals surface area contributed by atoms with E-state index in [0.717, 1.165) is 4.90 Å². The molecule has 1 saturated heterocycles. The Kier molecular flexibility index (Phi) is 5.34. The van der Waals surface area contributed by atoms with E-state index in [4.69, 9.17) is 0 Å². The number of quaternary nitrogens is 1. The Morgan fingerprint density at radius 1 is 1.09 bits per heavy atom. The second-order valence-electron chi connectivity index (χ2n) is 5.42. The summed E-state index contributed by atoms with van der Waals surface area (Å²) in [6.07, 6.45) is 0. The van der Waals surface area contributed by atoms with Crippen LogP contribution in [0.2, 0.25) is 0 Å². The molecule has 23 heavy (non-hydrogen) atoms. The van der Waals surface area contributed by atoms with Crippen molar-refractivity contribution in [3.63, 3.8) is 0 Å². The average Bonchev–Trinajstić information content (AvgIpc) is 2.52. The van der Waals surface area contributed by atoms with Crippen LogP contribution in [0.4, 0.5) is 0 Å². The van der Waals surface area contributed by atoms with Crippen LogP contribution in [0.3, 0.4) is 0 Å². The zero-order chi connectivity index (χ0) is 17.0. The van der Waals surface area contributed by atoms with E-state index in [1.54, 1.807) is 4.90 Å². The van der Waals surface area contributed by atoms with Gasteiger partial charge in [0.05, 0.1) is 44.4 Å². The van der Waals surface area contributed by atoms with Gasteiger partial charge in [0.1, 0.15) is 10.1 Å². The molecule has 0 atom stereocenters. The molecule has 9 heteroatoms. The van der Waals surface area contributed by atoms with Gasteiger partial charge in [-0.1, -0.05) is 12.1 Å². The van der Waals surface area contributed by atoms with Gasteiger partial charge in [-0.2, -0.15) is 0 Å². The lowest BCUT2D eigenvalue weighted by Crippen LogP contribution is -3.15. The molecular formula is C14H17N2O6S-. The fourth-order valence-corrected chi connectivity index (χ4v) is 3.02. The van der Waals surface area contributed by atoms with E-state index < -0.39 is 21.8 Å². The first-order valence-electron chi connectivity index (χ1n) is 7.14. The van der Waals surface area contributed by atoms with Crippen molar-refractivity contribution in [2.45, 2.75) is 0 Å². The molecule has 0 radical (unpaired) electrons. The van der Waals surface area contributed by atoms with E-state index in [0.29, 0.717) is 31.7 Å². The normalized spacial score (nSPS) is 16.3. The Labute approximate surface area is 134 Å². The van der Waals surface area contributed by atoms with Gasteiger partial charge in [-0.05, 0) is 17.7 Å². The van der Waals surface area contributed by atoms with Gasteiger partial charge in [0.25, 0.3) is 5.91 Å². The number of piperazine rings is 1. The standard InChI is InChI=1S/C14H18N2O6S/c17-13(11-1-3-12(4-2-11)14(18)19)16-7-5-15(6-8-16)9-10-23(20,21)22/h1-4H,5-10H2,(H,18,19)(H,20,21,22)/p-1. The highest BCUT2D eigenvalue weighted by atomic mass is 32.2. The molecule has 0 bridgehead atoms. The van der Waals surface area contributed by atoms with Gasteiger partial charge in [0.15, 0.2) is 0 Å². The number of carbonyl (C=O) groups is 2. The highest BCUT2D eigenvalue weighted by Gasteiger charge is 2.24. The number of hydrogen-bond acceptors (Lipinski definition) is 6. The van der Waals surface area contributed by atoms with Crippen molar-refractivity contribution in [2.75, 3.05) is 38.5 Å². The molecule has 2 rings (SSSR count). The molecule has 0 spiro atoms. The van der Waals surface area contributed by atoms with Crippen LogP contribution in [0.1, 0.15) is 20.7 Å². The molecule has 1 fully saturated rings. The molecule has 1 aliphatic rings. The number of amides is 1. The van der Waals surface area contributed by atoms with E-state index >= 15 is 0 Å². The van der Waals surface area contributed by atoms with E-state index in [9.17, 15) is 27.7 Å². The smallest absolute Gasteiger partial charge is 0.254 e. The van der Waals surface area contributed by atoms with Gasteiger partial charge in [-0.15, -0.1) is 0 Å². The molecule has 1 aromatic rings. The van der Waals surface area contributed by atoms with Crippen molar-refractivity contribution >= 4 is 22.0 Å². The van der Waals surface area contributed by atoms with E-state index in [2.05, 4.69) is 0 Å². The molecule has 1 heterocycles. The van der Waals surface area contributed by atoms with Crippen LogP contribution in [-0.2, 0) is 10.1 Å². The fourth-order valence-electron chi connectivity index (χ4n) is 2.48. The molecule has 1 aromatic carbocycles. The Morgan fingerprint density at radius 2 is 1.61 bits per heavy atom. The predicted octanol–water partition coefficient (Wildman–Crippen LogP) is -3.06. The Hall–Kier alpha value is -1.97. The predicted molar refractivity (Wildman–Crippen MR) is 76.8 cm³/mol. The molecule has 8 nitrogen and oxygen atoms in total. The van der Waals surface area contributed by atoms with Crippen LogP contribution in [-0.4, -0.2) is 68.2 Å². The summed E-state index contributed by atoms with van der Waals surface area (Å²) in [4.78, 5) is 25.6. The molecule has 0 aromatic heterocycles. The van der Waals surface area contributed by atoms with E-state index in [1.807, 2.05) is 0 Å². The third-order valence-corrected chi connectivity index (χ3v) is 4.54. The second kappa shape index (κ2) is 7.07. The number of carbonyl (C=O) groups excluding carboxylic acids is 2. The van der Waals surface area contributed by atoms with Crippen molar-refractivity contribution in [2.24, 2.45) is 0 Å². The highest BCUT2D eigenvalue weighted by Crippen LogP contribution is 2.07. The number of benzene rings is 1. The van der Waals surface area contributed by atoms with Crippen LogP contribution in [0.5, 0.6) is 0 Å². The van der Waals surface area contributed by atoms with Crippen LogP contribution >= 0.6 is 0 Å². The summed E-state index contributed by atoms with van der Waals surface area (Å²) in [5, 5.41) is 10.7. The minimum Gasteiger partial charge on any atom is -0.748 e. The van der Waals surface area contributed by atoms with Crippen molar-refractivity contribution in [1.82, 2.24) is 4.90 Å². The van der Waals surface area contributed by atoms with Crippen LogP contribution in [0.25, 0.3) is 0 Å². The zero-order valence-electron chi connectivity index (χ0n) is 12.4. The summed E-state index contributed by atoms with van der Waals surface area (Å²) in [5.74, 6) is -1.90. The van der Waals surface area contributed by atoms with E-state index in [1.165, 1.54) is 24.3 Å². The quantitative estimate of drug-likeness (QED) is 0.567. The van der Waals surface area contributed by atoms with Gasteiger partial charge in [-0.3, -0.25) is 4.79 Å². The third-order valence-electron chi connectivity index (χ3n) is 3.83. The van der Waals surface area contributed by atoms with Gasteiger partial charge in [-0.25, -0.2) is 8.42 Å². The van der Waals surface area contributed by atoms with Crippen molar-refractivity contribution < 1.29 is 32.6 Å². The Morgan fingerprint density at radius 3 is 2.09 bits per heavy atom. The van der Waals surface area contributed by atoms with Crippen molar-refractivity contribution in [3.05, 3.63) is 35.4 Å². The Balaban J connectivity index is 1.89. The number of aromatic carboxylic acids is 1. The number of carboxylic acid groups (broad SMARTS) is 1. The molecule has 1 aliphatic heterocycles. The van der Waals surface area contributed by atoms with Crippen molar-refractivity contribution in [1.29, 1.82) is 0 Å². The average molecular weight is 341 g/mol. The Bertz CT molecular complexity index is 678. The lowest BCUT2D eigenvalue weighted by molar-refractivity contribution is -0.901. The molecule has 0 aliphatic carbocycles. The summed E-state index contributed by atoms with van der Waals surface area (Å²) in [6, 6.07) is 5.53. The van der Waals surface area contributed by atoms with Crippen LogP contribution in [0.15, 0.2) is 24.3 Å². The summed E-state index contributed by atoms with van der Waals surface area (Å²) in [5.41, 5.74) is 0.398. The maximum absolute atomic E-state index is 12.3. The number of nitrogens with zero attached hydrogens (tertiary/aromatic N) is 1. The van der Waals surface area contributed by atoms with Crippen LogP contribution in [0, 0.1) is 0 Å². The summed E-state index contributed by atoms with van der Waals surface area (Å²) >= 11 is 0. The topological polar surface area (TPSA) is 122 Å². The number of hydrogen-bond donors (Lipinski definition) is 1. The number of nitrogens with one attached hydrogen (secondary N) is 1. The maximum Gasteiger partial charge on any atom is 0.254 e. The van der Waals surface area contributed by atoms with Crippen LogP contribution < -0.4 is 10.0 Å². The largest absolute Gasteiger partial charge is 0.748 e. The van der Waals surface area contributed by atoms with Gasteiger partial charge in [0.2, 0.25) is 0 Å². The van der Waals surface area contributed by atoms with Gasteiger partial charge < -0.3 is 24.3 Å². The van der Waals surface area contributed by atoms with Crippen molar-refractivity contribution in [3.8, 4) is 0 Å². The summed E-state index contributed by atoms with van der Waals surface area (Å²) in [7, 11) is -4.21. The molecule has 1 N–H and O–H groups in total. The summed E-state index contributed by atoms with van der Waals surface area (Å²) in [6.45, 7) is 2.29. The lowest BCUT2D eigenvalue weighted by Gasteiger charge is -2.32. The molecule has 126 valence electrons. The minimum atomic E-state index is -4.21. The summed E-state index contributed by atoms with van der Waals surface area (Å²) < 4.78 is 31.9. The molecular weight excluding hydrogens is 324 g/mol. The molecule has 0 saturated carbocycles. The zero-order valence-corrected chi connectivity index (χ0v) is 13.2. The first-order valence-corrected chi connectivity index (χ1v) is 8.72. The first kappa shape index (κ1) is 17.4. The van der Waals surface area contributed by atoms with Gasteiger partial charge in [0, 0.05) is 5.56 Å². The first-order chi connectivity index (χ1) is 10.8. The monoisotopic (exact) mass is 341 g/mol. The van der Waals surface area contributed by atoms with Gasteiger partial charge >= 0.3 is 0 Å². The second-order valence-corrected chi connectivity index (χ2v) is 6.94.